The third-order valence-corrected chi connectivity index (χ3v) is 3.18. The van der Waals surface area contributed by atoms with Crippen LogP contribution in [0, 0.1) is 5.92 Å². The van der Waals surface area contributed by atoms with Crippen LogP contribution in [0.3, 0.4) is 0 Å². The van der Waals surface area contributed by atoms with E-state index in [0.717, 1.165) is 25.9 Å². The maximum absolute atomic E-state index is 10.5. The summed E-state index contributed by atoms with van der Waals surface area (Å²) in [6, 6.07) is 0. The number of piperidine rings is 1. The number of rotatable bonds is 2. The molecule has 0 aromatic carbocycles. The van der Waals surface area contributed by atoms with Gasteiger partial charge in [0.05, 0.1) is 5.75 Å². The minimum Gasteiger partial charge on any atom is -0.306 e. The Bertz CT molecular complexity index is 234. The fraction of sp³-hybridized carbons (Fsp3) is 1.00. The van der Waals surface area contributed by atoms with Gasteiger partial charge in [0, 0.05) is 0 Å². The maximum Gasteiger partial charge on any atom is 0.265 e. The van der Waals surface area contributed by atoms with Gasteiger partial charge >= 0.3 is 0 Å². The van der Waals surface area contributed by atoms with E-state index in [9.17, 15) is 8.42 Å². The van der Waals surface area contributed by atoms with Gasteiger partial charge in [-0.1, -0.05) is 0 Å². The van der Waals surface area contributed by atoms with Crippen LogP contribution in [0.15, 0.2) is 0 Å². The van der Waals surface area contributed by atoms with Crippen molar-refractivity contribution in [2.75, 3.05) is 25.9 Å². The van der Waals surface area contributed by atoms with Crippen LogP contribution in [0.1, 0.15) is 12.8 Å². The summed E-state index contributed by atoms with van der Waals surface area (Å²) in [6.45, 7) is 1.86. The zero-order chi connectivity index (χ0) is 9.19. The third kappa shape index (κ3) is 5.46. The van der Waals surface area contributed by atoms with E-state index in [-0.39, 0.29) is 24.1 Å². The Morgan fingerprint density at radius 3 is 2.23 bits per heavy atom. The van der Waals surface area contributed by atoms with E-state index in [0.29, 0.717) is 0 Å². The molecule has 1 saturated heterocycles. The van der Waals surface area contributed by atoms with Crippen molar-refractivity contribution in [3.63, 3.8) is 0 Å². The van der Waals surface area contributed by atoms with Crippen LogP contribution < -0.4 is 0 Å². The molecule has 0 unspecified atom stereocenters. The summed E-state index contributed by atoms with van der Waals surface area (Å²) in [5, 5.41) is 0. The SMILES string of the molecule is CN1CCC(CS(=O)(=O)O)CC1.Cl. The highest BCUT2D eigenvalue weighted by atomic mass is 35.5. The van der Waals surface area contributed by atoms with Crippen LogP contribution in [-0.4, -0.2) is 43.8 Å². The first-order valence-corrected chi connectivity index (χ1v) is 5.72. The molecular formula is C7H16ClNO3S. The zero-order valence-corrected chi connectivity index (χ0v) is 9.27. The van der Waals surface area contributed by atoms with Gasteiger partial charge in [-0.05, 0) is 38.9 Å². The van der Waals surface area contributed by atoms with Crippen LogP contribution in [0.4, 0.5) is 0 Å². The van der Waals surface area contributed by atoms with Crippen LogP contribution in [0.25, 0.3) is 0 Å². The molecule has 1 heterocycles. The number of hydrogen-bond acceptors (Lipinski definition) is 3. The molecule has 1 rings (SSSR count). The highest BCUT2D eigenvalue weighted by Gasteiger charge is 2.21. The number of nitrogens with zero attached hydrogens (tertiary/aromatic N) is 1. The van der Waals surface area contributed by atoms with Crippen molar-refractivity contribution >= 4 is 22.5 Å². The second-order valence-corrected chi connectivity index (χ2v) is 4.99. The minimum absolute atomic E-state index is 0. The predicted octanol–water partition coefficient (Wildman–Crippen LogP) is 0.638. The number of halogens is 1. The van der Waals surface area contributed by atoms with E-state index in [2.05, 4.69) is 4.90 Å². The Balaban J connectivity index is 0.00000144. The molecule has 0 aromatic heterocycles. The monoisotopic (exact) mass is 229 g/mol. The van der Waals surface area contributed by atoms with Crippen molar-refractivity contribution in [1.82, 2.24) is 4.90 Å². The first-order valence-electron chi connectivity index (χ1n) is 4.11. The van der Waals surface area contributed by atoms with Gasteiger partial charge in [0.2, 0.25) is 0 Å². The Morgan fingerprint density at radius 2 is 1.85 bits per heavy atom. The maximum atomic E-state index is 10.5. The summed E-state index contributed by atoms with van der Waals surface area (Å²) in [4.78, 5) is 2.17. The minimum atomic E-state index is -3.76. The lowest BCUT2D eigenvalue weighted by molar-refractivity contribution is 0.229. The van der Waals surface area contributed by atoms with Gasteiger partial charge in [-0.3, -0.25) is 4.55 Å². The van der Waals surface area contributed by atoms with E-state index in [1.54, 1.807) is 0 Å². The molecular weight excluding hydrogens is 214 g/mol. The molecule has 0 aromatic rings. The molecule has 0 aliphatic carbocycles. The summed E-state index contributed by atoms with van der Waals surface area (Å²) in [7, 11) is -1.74. The lowest BCUT2D eigenvalue weighted by Crippen LogP contribution is -2.33. The van der Waals surface area contributed by atoms with Gasteiger partial charge in [0.15, 0.2) is 0 Å². The van der Waals surface area contributed by atoms with Crippen LogP contribution >= 0.6 is 12.4 Å². The van der Waals surface area contributed by atoms with E-state index in [1.165, 1.54) is 0 Å². The molecule has 6 heteroatoms. The highest BCUT2D eigenvalue weighted by Crippen LogP contribution is 2.17. The average molecular weight is 230 g/mol. The molecule has 1 aliphatic heterocycles. The lowest BCUT2D eigenvalue weighted by atomic mass is 10.00. The summed E-state index contributed by atoms with van der Waals surface area (Å²) in [6.07, 6.45) is 1.74. The van der Waals surface area contributed by atoms with Gasteiger partial charge in [0.1, 0.15) is 0 Å². The van der Waals surface area contributed by atoms with Crippen molar-refractivity contribution in [1.29, 1.82) is 0 Å². The van der Waals surface area contributed by atoms with Gasteiger partial charge in [-0.2, -0.15) is 8.42 Å². The van der Waals surface area contributed by atoms with Crippen molar-refractivity contribution in [3.05, 3.63) is 0 Å². The van der Waals surface area contributed by atoms with E-state index in [4.69, 9.17) is 4.55 Å². The molecule has 0 bridgehead atoms. The highest BCUT2D eigenvalue weighted by molar-refractivity contribution is 7.85. The van der Waals surface area contributed by atoms with Crippen molar-refractivity contribution in [2.24, 2.45) is 5.92 Å². The lowest BCUT2D eigenvalue weighted by Gasteiger charge is -2.27. The Labute approximate surface area is 85.5 Å². The Hall–Kier alpha value is 0.160. The van der Waals surface area contributed by atoms with Gasteiger partial charge in [-0.25, -0.2) is 0 Å². The summed E-state index contributed by atoms with van der Waals surface area (Å²) in [5.74, 6) is 0.0806. The smallest absolute Gasteiger partial charge is 0.265 e. The number of likely N-dealkylation sites (tertiary alicyclic amines) is 1. The van der Waals surface area contributed by atoms with E-state index < -0.39 is 10.1 Å². The van der Waals surface area contributed by atoms with Crippen molar-refractivity contribution in [2.45, 2.75) is 12.8 Å². The average Bonchev–Trinajstić information content (AvgIpc) is 1.91. The Morgan fingerprint density at radius 1 is 1.38 bits per heavy atom. The molecule has 4 nitrogen and oxygen atoms in total. The molecule has 0 spiro atoms. The summed E-state index contributed by atoms with van der Waals surface area (Å²) in [5.41, 5.74) is 0. The molecule has 1 N–H and O–H groups in total. The van der Waals surface area contributed by atoms with Gasteiger partial charge in [0.25, 0.3) is 10.1 Å². The molecule has 13 heavy (non-hydrogen) atoms. The second-order valence-electron chi connectivity index (χ2n) is 3.50. The van der Waals surface area contributed by atoms with Gasteiger partial charge in [-0.15, -0.1) is 12.4 Å². The molecule has 0 atom stereocenters. The fourth-order valence-corrected chi connectivity index (χ4v) is 2.46. The fourth-order valence-electron chi connectivity index (χ4n) is 1.53. The predicted molar refractivity (Wildman–Crippen MR) is 53.9 cm³/mol. The number of hydrogen-bond donors (Lipinski definition) is 1. The standard InChI is InChI=1S/C7H15NO3S.ClH/c1-8-4-2-7(3-5-8)6-12(9,10)11;/h7H,2-6H2,1H3,(H,9,10,11);1H. The third-order valence-electron chi connectivity index (χ3n) is 2.28. The van der Waals surface area contributed by atoms with Crippen LogP contribution in [0.5, 0.6) is 0 Å². The zero-order valence-electron chi connectivity index (χ0n) is 7.64. The largest absolute Gasteiger partial charge is 0.306 e. The molecule has 80 valence electrons. The molecule has 0 amide bonds. The Kier molecular flexibility index (Phi) is 5.21. The molecule has 0 saturated carbocycles. The van der Waals surface area contributed by atoms with E-state index in [1.807, 2.05) is 7.05 Å². The second kappa shape index (κ2) is 5.14. The van der Waals surface area contributed by atoms with Crippen LogP contribution in [0.2, 0.25) is 0 Å². The molecule has 1 fully saturated rings. The quantitative estimate of drug-likeness (QED) is 0.706. The van der Waals surface area contributed by atoms with Crippen LogP contribution in [-0.2, 0) is 10.1 Å². The summed E-state index contributed by atoms with van der Waals surface area (Å²) < 4.78 is 29.6. The topological polar surface area (TPSA) is 57.6 Å². The van der Waals surface area contributed by atoms with E-state index >= 15 is 0 Å². The first-order chi connectivity index (χ1) is 5.47. The molecule has 0 radical (unpaired) electrons. The normalized spacial score (nSPS) is 21.1. The molecule has 1 aliphatic rings. The van der Waals surface area contributed by atoms with Gasteiger partial charge < -0.3 is 4.90 Å². The summed E-state index contributed by atoms with van der Waals surface area (Å²) >= 11 is 0. The van der Waals surface area contributed by atoms with Crippen molar-refractivity contribution < 1.29 is 13.0 Å². The first kappa shape index (κ1) is 13.2. The van der Waals surface area contributed by atoms with Crippen molar-refractivity contribution in [3.8, 4) is 0 Å².